The van der Waals surface area contributed by atoms with Crippen molar-refractivity contribution in [3.8, 4) is 5.75 Å². The fourth-order valence-corrected chi connectivity index (χ4v) is 7.32. The summed E-state index contributed by atoms with van der Waals surface area (Å²) in [6, 6.07) is 14.4. The van der Waals surface area contributed by atoms with Gasteiger partial charge in [0.25, 0.3) is 0 Å². The van der Waals surface area contributed by atoms with Gasteiger partial charge in [-0.05, 0) is 69.5 Å². The van der Waals surface area contributed by atoms with Gasteiger partial charge in [-0.25, -0.2) is 0 Å². The topological polar surface area (TPSA) is 53.0 Å². The van der Waals surface area contributed by atoms with Gasteiger partial charge in [-0.1, -0.05) is 42.0 Å². The number of ether oxygens (including phenoxy) is 1. The molecule has 2 fully saturated rings. The van der Waals surface area contributed by atoms with E-state index in [0.717, 1.165) is 37.1 Å². The van der Waals surface area contributed by atoms with Gasteiger partial charge in [0.1, 0.15) is 11.9 Å². The van der Waals surface area contributed by atoms with Crippen LogP contribution in [0.15, 0.2) is 48.5 Å². The number of likely N-dealkylation sites (tertiary alicyclic amines) is 1. The maximum Gasteiger partial charge on any atom is 0.246 e. The molecule has 2 aromatic rings. The number of aliphatic hydroxyl groups is 1. The van der Waals surface area contributed by atoms with Crippen molar-refractivity contribution in [2.45, 2.75) is 61.8 Å². The predicted octanol–water partition coefficient (Wildman–Crippen LogP) is 3.32. The second-order valence-electron chi connectivity index (χ2n) is 10.5. The van der Waals surface area contributed by atoms with Crippen molar-refractivity contribution in [2.24, 2.45) is 0 Å². The first-order chi connectivity index (χ1) is 15.8. The Morgan fingerprint density at radius 3 is 2.88 bits per heavy atom. The lowest BCUT2D eigenvalue weighted by atomic mass is 9.48. The van der Waals surface area contributed by atoms with E-state index in [0.29, 0.717) is 6.42 Å². The van der Waals surface area contributed by atoms with Crippen molar-refractivity contribution in [2.75, 3.05) is 20.6 Å². The fourth-order valence-electron chi connectivity index (χ4n) is 7.32. The van der Waals surface area contributed by atoms with E-state index in [4.69, 9.17) is 4.74 Å². The highest BCUT2D eigenvalue weighted by molar-refractivity contribution is 5.92. The second-order valence-corrected chi connectivity index (χ2v) is 10.5. The zero-order chi connectivity index (χ0) is 23.0. The molecule has 2 aromatic carbocycles. The van der Waals surface area contributed by atoms with E-state index in [-0.39, 0.29) is 24.1 Å². The highest BCUT2D eigenvalue weighted by Crippen LogP contribution is 2.64. The van der Waals surface area contributed by atoms with Crippen LogP contribution in [0.4, 0.5) is 0 Å². The molecule has 1 N–H and O–H groups in total. The molecule has 1 saturated carbocycles. The van der Waals surface area contributed by atoms with Crippen molar-refractivity contribution in [1.82, 2.24) is 9.80 Å². The van der Waals surface area contributed by atoms with Crippen molar-refractivity contribution in [3.05, 3.63) is 70.8 Å². The number of aryl methyl sites for hydroxylation is 1. The summed E-state index contributed by atoms with van der Waals surface area (Å²) in [5.41, 5.74) is 3.42. The monoisotopic (exact) mass is 444 g/mol. The van der Waals surface area contributed by atoms with Crippen LogP contribution in [-0.4, -0.2) is 65.2 Å². The summed E-state index contributed by atoms with van der Waals surface area (Å²) in [4.78, 5) is 17.4. The summed E-state index contributed by atoms with van der Waals surface area (Å²) >= 11 is 0. The molecule has 33 heavy (non-hydrogen) atoms. The molecule has 5 heteroatoms. The van der Waals surface area contributed by atoms with Crippen LogP contribution in [0.3, 0.4) is 0 Å². The Morgan fingerprint density at radius 1 is 1.24 bits per heavy atom. The van der Waals surface area contributed by atoms with Crippen molar-refractivity contribution < 1.29 is 14.6 Å². The number of piperidine rings is 1. The molecular formula is C28H32N2O3. The third-order valence-electron chi connectivity index (χ3n) is 8.90. The Bertz CT molecular complexity index is 1160. The summed E-state index contributed by atoms with van der Waals surface area (Å²) in [5, 5.41) is 12.3. The van der Waals surface area contributed by atoms with E-state index in [2.05, 4.69) is 43.1 Å². The molecule has 6 rings (SSSR count). The molecule has 2 aliphatic carbocycles. The molecule has 0 unspecified atom stereocenters. The molecule has 1 saturated heterocycles. The van der Waals surface area contributed by atoms with Gasteiger partial charge in [-0.2, -0.15) is 0 Å². The van der Waals surface area contributed by atoms with Crippen molar-refractivity contribution in [3.63, 3.8) is 0 Å². The van der Waals surface area contributed by atoms with Crippen LogP contribution in [0.25, 0.3) is 6.08 Å². The lowest BCUT2D eigenvalue weighted by Crippen LogP contribution is -2.77. The van der Waals surface area contributed by atoms with Crippen molar-refractivity contribution >= 4 is 12.0 Å². The largest absolute Gasteiger partial charge is 0.487 e. The molecule has 172 valence electrons. The Morgan fingerprint density at radius 2 is 2.06 bits per heavy atom. The number of carbonyl (C=O) groups excluding carboxylic acids is 1. The number of nitrogens with zero attached hydrogens (tertiary/aromatic N) is 2. The zero-order valence-corrected chi connectivity index (χ0v) is 19.6. The average molecular weight is 445 g/mol. The molecule has 5 atom stereocenters. The van der Waals surface area contributed by atoms with E-state index < -0.39 is 11.0 Å². The maximum atomic E-state index is 13.2. The summed E-state index contributed by atoms with van der Waals surface area (Å²) in [5.74, 6) is 0.880. The first kappa shape index (κ1) is 20.9. The minimum atomic E-state index is -0.831. The van der Waals surface area contributed by atoms with E-state index in [1.165, 1.54) is 16.7 Å². The molecule has 0 radical (unpaired) electrons. The first-order valence-electron chi connectivity index (χ1n) is 12.1. The predicted molar refractivity (Wildman–Crippen MR) is 128 cm³/mol. The highest BCUT2D eigenvalue weighted by Gasteiger charge is 2.72. The number of hydrogen-bond donors (Lipinski definition) is 1. The van der Waals surface area contributed by atoms with Gasteiger partial charge in [0.15, 0.2) is 0 Å². The Labute approximate surface area is 195 Å². The minimum absolute atomic E-state index is 0.0246. The third kappa shape index (κ3) is 2.75. The average Bonchev–Trinajstić information content (AvgIpc) is 3.14. The van der Waals surface area contributed by atoms with Crippen LogP contribution < -0.4 is 4.74 Å². The first-order valence-corrected chi connectivity index (χ1v) is 12.1. The van der Waals surface area contributed by atoms with Crippen LogP contribution in [0.5, 0.6) is 5.75 Å². The number of carbonyl (C=O) groups is 1. The van der Waals surface area contributed by atoms with E-state index >= 15 is 0 Å². The van der Waals surface area contributed by atoms with Gasteiger partial charge in [0.2, 0.25) is 5.91 Å². The Kier molecular flexibility index (Phi) is 4.56. The minimum Gasteiger partial charge on any atom is -0.487 e. The molecule has 2 aliphatic heterocycles. The van der Waals surface area contributed by atoms with E-state index in [1.54, 1.807) is 6.08 Å². The lowest BCUT2D eigenvalue weighted by molar-refractivity contribution is -0.195. The molecule has 5 nitrogen and oxygen atoms in total. The Balaban J connectivity index is 1.36. The lowest BCUT2D eigenvalue weighted by Gasteiger charge is -2.64. The van der Waals surface area contributed by atoms with Crippen LogP contribution in [0.1, 0.15) is 41.5 Å². The molecular weight excluding hydrogens is 412 g/mol. The molecule has 4 aliphatic rings. The summed E-state index contributed by atoms with van der Waals surface area (Å²) in [6.45, 7) is 2.98. The van der Waals surface area contributed by atoms with Crippen LogP contribution in [0.2, 0.25) is 0 Å². The Hall–Kier alpha value is -2.63. The zero-order valence-electron chi connectivity index (χ0n) is 19.6. The van der Waals surface area contributed by atoms with Gasteiger partial charge in [-0.15, -0.1) is 0 Å². The number of hydrogen-bond acceptors (Lipinski definition) is 4. The molecule has 1 spiro atoms. The van der Waals surface area contributed by atoms with Crippen LogP contribution >= 0.6 is 0 Å². The smallest absolute Gasteiger partial charge is 0.246 e. The maximum absolute atomic E-state index is 13.2. The normalized spacial score (nSPS) is 34.1. The summed E-state index contributed by atoms with van der Waals surface area (Å²) < 4.78 is 6.64. The number of benzene rings is 2. The molecule has 2 heterocycles. The number of amides is 1. The fraction of sp³-hybridized carbons (Fsp3) is 0.464. The molecule has 2 bridgehead atoms. The quantitative estimate of drug-likeness (QED) is 0.738. The summed E-state index contributed by atoms with van der Waals surface area (Å²) in [6.07, 6.45) is 6.44. The molecule has 1 amide bonds. The standard InChI is InChI=1S/C28H32N2O3/c1-18-6-4-7-19(16-18)10-11-24(31)30(3)21-12-13-28(32)23-17-20-8-5-9-22-25(20)27(28,26(21)33-22)14-15-29(23)2/h4-11,16,21,23,26,32H,12-15,17H2,1-3H3/t21-,23+,26-,27-,28+/m0/s1. The van der Waals surface area contributed by atoms with Gasteiger partial charge < -0.3 is 19.6 Å². The van der Waals surface area contributed by atoms with Gasteiger partial charge in [0.05, 0.1) is 17.1 Å². The van der Waals surface area contributed by atoms with E-state index in [9.17, 15) is 9.90 Å². The highest BCUT2D eigenvalue weighted by atomic mass is 16.5. The van der Waals surface area contributed by atoms with Crippen molar-refractivity contribution in [1.29, 1.82) is 0 Å². The second kappa shape index (κ2) is 7.18. The molecule has 0 aromatic heterocycles. The van der Waals surface area contributed by atoms with Crippen LogP contribution in [0, 0.1) is 6.92 Å². The van der Waals surface area contributed by atoms with Gasteiger partial charge in [0, 0.05) is 24.7 Å². The van der Waals surface area contributed by atoms with Crippen LogP contribution in [-0.2, 0) is 16.6 Å². The SMILES string of the molecule is Cc1cccc(C=CC(=O)N(C)[C@H]2CC[C@@]3(O)[C@H]4Cc5cccc6c5[C@@]3(CCN4C)[C@H]2O6)c1. The number of likely N-dealkylation sites (N-methyl/N-ethyl adjacent to an activating group) is 2. The summed E-state index contributed by atoms with van der Waals surface area (Å²) in [7, 11) is 4.02. The third-order valence-corrected chi connectivity index (χ3v) is 8.90. The van der Waals surface area contributed by atoms with E-state index in [1.807, 2.05) is 36.2 Å². The number of rotatable bonds is 3. The van der Waals surface area contributed by atoms with Gasteiger partial charge >= 0.3 is 0 Å². The van der Waals surface area contributed by atoms with Gasteiger partial charge in [-0.3, -0.25) is 4.79 Å².